The third kappa shape index (κ3) is 3.32. The first kappa shape index (κ1) is 16.7. The topological polar surface area (TPSA) is 73.1 Å². The number of carbonyl (C=O) groups is 1. The average molecular weight is 369 g/mol. The molecular formula is C18H19N5O2S. The van der Waals surface area contributed by atoms with E-state index in [1.165, 1.54) is 11.3 Å². The second-order valence-electron chi connectivity index (χ2n) is 6.21. The van der Waals surface area contributed by atoms with E-state index < -0.39 is 0 Å². The van der Waals surface area contributed by atoms with Crippen LogP contribution in [0.15, 0.2) is 42.0 Å². The normalized spacial score (nSPS) is 15.2. The lowest BCUT2D eigenvalue weighted by Crippen LogP contribution is -2.41. The van der Waals surface area contributed by atoms with Crippen molar-refractivity contribution in [3.63, 3.8) is 0 Å². The average Bonchev–Trinajstić information content (AvgIpc) is 3.32. The third-order valence-corrected chi connectivity index (χ3v) is 5.16. The molecule has 0 atom stereocenters. The molecule has 0 spiro atoms. The standard InChI is InChI=1S/C18H19N5O2S/c1-13-16(11-20-23(13)14-5-3-2-4-6-14)17(24)22-9-7-15(8-10-22)25-18-21-19-12-26-18/h2-6,11-12,15H,7-10H2,1H3. The molecule has 0 unspecified atom stereocenters. The van der Waals surface area contributed by atoms with Crippen molar-refractivity contribution in [2.45, 2.75) is 25.9 Å². The Morgan fingerprint density at radius 2 is 2.00 bits per heavy atom. The fourth-order valence-electron chi connectivity index (χ4n) is 3.15. The van der Waals surface area contributed by atoms with Crippen molar-refractivity contribution < 1.29 is 9.53 Å². The van der Waals surface area contributed by atoms with Gasteiger partial charge in [-0.15, -0.1) is 10.2 Å². The molecule has 4 rings (SSSR count). The molecule has 2 aromatic heterocycles. The van der Waals surface area contributed by atoms with Gasteiger partial charge in [0, 0.05) is 25.9 Å². The number of aromatic nitrogens is 4. The molecule has 26 heavy (non-hydrogen) atoms. The summed E-state index contributed by atoms with van der Waals surface area (Å²) in [6, 6.07) is 9.83. The molecular weight excluding hydrogens is 350 g/mol. The number of hydrogen-bond donors (Lipinski definition) is 0. The van der Waals surface area contributed by atoms with E-state index in [0.717, 1.165) is 24.2 Å². The Kier molecular flexibility index (Phi) is 4.66. The number of amides is 1. The first-order chi connectivity index (χ1) is 12.7. The number of para-hydroxylation sites is 1. The highest BCUT2D eigenvalue weighted by Gasteiger charge is 2.27. The van der Waals surface area contributed by atoms with Gasteiger partial charge >= 0.3 is 0 Å². The van der Waals surface area contributed by atoms with E-state index in [1.807, 2.05) is 42.2 Å². The molecule has 0 bridgehead atoms. The van der Waals surface area contributed by atoms with Crippen molar-refractivity contribution in [1.29, 1.82) is 0 Å². The van der Waals surface area contributed by atoms with E-state index >= 15 is 0 Å². The van der Waals surface area contributed by atoms with Crippen LogP contribution in [0.25, 0.3) is 5.69 Å². The van der Waals surface area contributed by atoms with Crippen molar-refractivity contribution in [2.75, 3.05) is 13.1 Å². The van der Waals surface area contributed by atoms with Gasteiger partial charge in [0.05, 0.1) is 23.1 Å². The first-order valence-electron chi connectivity index (χ1n) is 8.54. The molecule has 1 amide bonds. The SMILES string of the molecule is Cc1c(C(=O)N2CCC(Oc3nncs3)CC2)cnn1-c1ccccc1. The van der Waals surface area contributed by atoms with Gasteiger partial charge in [0.15, 0.2) is 0 Å². The van der Waals surface area contributed by atoms with Crippen LogP contribution in [0.4, 0.5) is 0 Å². The first-order valence-corrected chi connectivity index (χ1v) is 9.42. The molecule has 1 aliphatic heterocycles. The van der Waals surface area contributed by atoms with Crippen molar-refractivity contribution in [3.8, 4) is 10.9 Å². The van der Waals surface area contributed by atoms with Crippen molar-refractivity contribution in [3.05, 3.63) is 53.3 Å². The number of hydrogen-bond acceptors (Lipinski definition) is 6. The van der Waals surface area contributed by atoms with Gasteiger partial charge in [0.1, 0.15) is 11.6 Å². The van der Waals surface area contributed by atoms with Crippen LogP contribution in [0.1, 0.15) is 28.9 Å². The molecule has 3 heterocycles. The maximum absolute atomic E-state index is 12.9. The van der Waals surface area contributed by atoms with Crippen LogP contribution in [0.5, 0.6) is 5.19 Å². The summed E-state index contributed by atoms with van der Waals surface area (Å²) in [5.41, 5.74) is 4.11. The molecule has 1 saturated heterocycles. The molecule has 8 heteroatoms. The highest BCUT2D eigenvalue weighted by molar-refractivity contribution is 7.11. The van der Waals surface area contributed by atoms with E-state index in [0.29, 0.717) is 23.8 Å². The van der Waals surface area contributed by atoms with Gasteiger partial charge in [0.25, 0.3) is 11.1 Å². The van der Waals surface area contributed by atoms with Gasteiger partial charge in [-0.25, -0.2) is 4.68 Å². The molecule has 0 saturated carbocycles. The summed E-state index contributed by atoms with van der Waals surface area (Å²) in [5, 5.41) is 12.7. The summed E-state index contributed by atoms with van der Waals surface area (Å²) in [4.78, 5) is 14.8. The number of likely N-dealkylation sites (tertiary alicyclic amines) is 1. The van der Waals surface area contributed by atoms with Gasteiger partial charge in [-0.3, -0.25) is 4.79 Å². The molecule has 3 aromatic rings. The Morgan fingerprint density at radius 1 is 1.23 bits per heavy atom. The van der Waals surface area contributed by atoms with E-state index in [2.05, 4.69) is 15.3 Å². The Morgan fingerprint density at radius 3 is 2.69 bits per heavy atom. The summed E-state index contributed by atoms with van der Waals surface area (Å²) in [6.45, 7) is 3.26. The number of benzene rings is 1. The minimum absolute atomic E-state index is 0.0269. The Labute approximate surface area is 155 Å². The van der Waals surface area contributed by atoms with Crippen LogP contribution in [0.2, 0.25) is 0 Å². The molecule has 1 aliphatic rings. The minimum atomic E-state index is 0.0269. The number of carbonyl (C=O) groups excluding carboxylic acids is 1. The predicted octanol–water partition coefficient (Wildman–Crippen LogP) is 2.72. The number of piperidine rings is 1. The van der Waals surface area contributed by atoms with Crippen molar-refractivity contribution in [2.24, 2.45) is 0 Å². The Hall–Kier alpha value is -2.74. The lowest BCUT2D eigenvalue weighted by molar-refractivity contribution is 0.0593. The van der Waals surface area contributed by atoms with Gasteiger partial charge < -0.3 is 9.64 Å². The molecule has 0 aliphatic carbocycles. The third-order valence-electron chi connectivity index (χ3n) is 4.58. The van der Waals surface area contributed by atoms with Crippen LogP contribution < -0.4 is 4.74 Å². The minimum Gasteiger partial charge on any atom is -0.465 e. The Balaban J connectivity index is 1.42. The lowest BCUT2D eigenvalue weighted by Gasteiger charge is -2.31. The largest absolute Gasteiger partial charge is 0.465 e. The van der Waals surface area contributed by atoms with E-state index in [9.17, 15) is 4.79 Å². The maximum atomic E-state index is 12.9. The smallest absolute Gasteiger partial charge is 0.294 e. The molecule has 7 nitrogen and oxygen atoms in total. The second-order valence-corrected chi connectivity index (χ2v) is 7.00. The molecule has 0 radical (unpaired) electrons. The van der Waals surface area contributed by atoms with Crippen LogP contribution in [-0.2, 0) is 0 Å². The van der Waals surface area contributed by atoms with E-state index in [1.54, 1.807) is 16.4 Å². The van der Waals surface area contributed by atoms with Crippen LogP contribution in [0.3, 0.4) is 0 Å². The fraction of sp³-hybridized carbons (Fsp3) is 0.333. The van der Waals surface area contributed by atoms with Gasteiger partial charge in [-0.1, -0.05) is 29.5 Å². The quantitative estimate of drug-likeness (QED) is 0.707. The van der Waals surface area contributed by atoms with Crippen LogP contribution in [-0.4, -0.2) is 50.0 Å². The summed E-state index contributed by atoms with van der Waals surface area (Å²) < 4.78 is 7.61. The van der Waals surface area contributed by atoms with E-state index in [4.69, 9.17) is 4.74 Å². The molecule has 0 N–H and O–H groups in total. The molecule has 134 valence electrons. The van der Waals surface area contributed by atoms with Crippen molar-refractivity contribution in [1.82, 2.24) is 24.9 Å². The number of rotatable bonds is 4. The van der Waals surface area contributed by atoms with Gasteiger partial charge in [-0.2, -0.15) is 5.10 Å². The zero-order valence-electron chi connectivity index (χ0n) is 14.4. The van der Waals surface area contributed by atoms with Gasteiger partial charge in [-0.05, 0) is 19.1 Å². The van der Waals surface area contributed by atoms with Crippen LogP contribution >= 0.6 is 11.3 Å². The monoisotopic (exact) mass is 369 g/mol. The van der Waals surface area contributed by atoms with E-state index in [-0.39, 0.29) is 12.0 Å². The van der Waals surface area contributed by atoms with Gasteiger partial charge in [0.2, 0.25) is 0 Å². The zero-order chi connectivity index (χ0) is 17.9. The zero-order valence-corrected chi connectivity index (χ0v) is 15.2. The number of ether oxygens (including phenoxy) is 1. The summed E-state index contributed by atoms with van der Waals surface area (Å²) in [6.07, 6.45) is 3.32. The predicted molar refractivity (Wildman–Crippen MR) is 97.8 cm³/mol. The Bertz CT molecular complexity index is 870. The van der Waals surface area contributed by atoms with Crippen LogP contribution in [0, 0.1) is 6.92 Å². The van der Waals surface area contributed by atoms with Crippen molar-refractivity contribution >= 4 is 17.2 Å². The highest BCUT2D eigenvalue weighted by Crippen LogP contribution is 2.22. The fourth-order valence-corrected chi connectivity index (χ4v) is 3.62. The molecule has 1 aromatic carbocycles. The maximum Gasteiger partial charge on any atom is 0.294 e. The summed E-state index contributed by atoms with van der Waals surface area (Å²) >= 11 is 1.39. The summed E-state index contributed by atoms with van der Waals surface area (Å²) in [7, 11) is 0. The summed E-state index contributed by atoms with van der Waals surface area (Å²) in [5.74, 6) is 0.0269. The second kappa shape index (κ2) is 7.25. The highest BCUT2D eigenvalue weighted by atomic mass is 32.1. The lowest BCUT2D eigenvalue weighted by atomic mass is 10.1. The molecule has 1 fully saturated rings. The number of nitrogens with zero attached hydrogens (tertiary/aromatic N) is 5.